The van der Waals surface area contributed by atoms with Crippen LogP contribution >= 0.6 is 15.9 Å². The van der Waals surface area contributed by atoms with Gasteiger partial charge in [0.2, 0.25) is 10.0 Å². The van der Waals surface area contributed by atoms with Crippen molar-refractivity contribution < 1.29 is 17.0 Å². The van der Waals surface area contributed by atoms with Crippen LogP contribution in [-0.4, -0.2) is 41.5 Å². The second kappa shape index (κ2) is 5.47. The summed E-state index contributed by atoms with van der Waals surface area (Å²) in [4.78, 5) is -0.452. The first-order valence-electron chi connectivity index (χ1n) is 5.42. The van der Waals surface area contributed by atoms with E-state index in [0.717, 1.165) is 10.4 Å². The van der Waals surface area contributed by atoms with E-state index in [1.807, 2.05) is 0 Å². The molecule has 0 unspecified atom stereocenters. The summed E-state index contributed by atoms with van der Waals surface area (Å²) in [7, 11) is -4.95. The maximum Gasteiger partial charge on any atom is 0.246 e. The molecule has 0 aromatic heterocycles. The smallest absolute Gasteiger partial charge is 0.246 e. The summed E-state index contributed by atoms with van der Waals surface area (Å²) in [5.74, 6) is -0.324. The molecule has 1 aliphatic heterocycles. The molecule has 0 bridgehead atoms. The SMILES string of the molecule is Nc1cc(Br)c(F)c(S(=O)(=O)N2CCS(=O)CC2)c1. The van der Waals surface area contributed by atoms with Crippen LogP contribution < -0.4 is 5.73 Å². The molecule has 1 heterocycles. The van der Waals surface area contributed by atoms with Crippen molar-refractivity contribution in [3.05, 3.63) is 22.4 Å². The van der Waals surface area contributed by atoms with Gasteiger partial charge in [-0.2, -0.15) is 4.31 Å². The molecule has 1 saturated heterocycles. The summed E-state index contributed by atoms with van der Waals surface area (Å²) in [6.45, 7) is 0.252. The Morgan fingerprint density at radius 3 is 2.47 bits per heavy atom. The minimum atomic E-state index is -3.95. The van der Waals surface area contributed by atoms with Gasteiger partial charge in [0, 0.05) is 41.1 Å². The normalized spacial score (nSPS) is 18.6. The van der Waals surface area contributed by atoms with E-state index in [1.165, 1.54) is 6.07 Å². The molecule has 1 aliphatic rings. The average molecular weight is 371 g/mol. The summed E-state index contributed by atoms with van der Waals surface area (Å²) in [6, 6.07) is 2.40. The molecule has 5 nitrogen and oxygen atoms in total. The molecule has 0 atom stereocenters. The van der Waals surface area contributed by atoms with Crippen molar-refractivity contribution in [2.45, 2.75) is 4.90 Å². The highest BCUT2D eigenvalue weighted by Crippen LogP contribution is 2.28. The first kappa shape index (κ1) is 14.9. The molecule has 0 radical (unpaired) electrons. The number of halogens is 2. The Bertz CT molecular complexity index is 626. The lowest BCUT2D eigenvalue weighted by Crippen LogP contribution is -2.42. The number of hydrogen-bond acceptors (Lipinski definition) is 4. The number of rotatable bonds is 2. The first-order valence-corrected chi connectivity index (χ1v) is 9.14. The van der Waals surface area contributed by atoms with Gasteiger partial charge in [0.05, 0.1) is 4.47 Å². The Balaban J connectivity index is 2.42. The van der Waals surface area contributed by atoms with Gasteiger partial charge in [-0.15, -0.1) is 0 Å². The summed E-state index contributed by atoms with van der Waals surface area (Å²) in [5, 5.41) is 0. The molecule has 106 valence electrons. The van der Waals surface area contributed by atoms with Crippen molar-refractivity contribution in [3.8, 4) is 0 Å². The van der Waals surface area contributed by atoms with E-state index in [2.05, 4.69) is 15.9 Å². The third kappa shape index (κ3) is 2.99. The zero-order valence-electron chi connectivity index (χ0n) is 9.80. The van der Waals surface area contributed by atoms with E-state index in [-0.39, 0.29) is 34.8 Å². The minimum Gasteiger partial charge on any atom is -0.399 e. The predicted octanol–water partition coefficient (Wildman–Crippen LogP) is 0.923. The Kier molecular flexibility index (Phi) is 4.29. The van der Waals surface area contributed by atoms with Crippen LogP contribution in [0.3, 0.4) is 0 Å². The molecule has 2 rings (SSSR count). The summed E-state index contributed by atoms with van der Waals surface area (Å²) in [5.41, 5.74) is 5.71. The topological polar surface area (TPSA) is 80.5 Å². The molecule has 9 heteroatoms. The second-order valence-corrected chi connectivity index (χ2v) is 8.52. The van der Waals surface area contributed by atoms with Crippen LogP contribution in [0.15, 0.2) is 21.5 Å². The molecular formula is C10H12BrFN2O3S2. The van der Waals surface area contributed by atoms with Gasteiger partial charge in [-0.25, -0.2) is 12.8 Å². The van der Waals surface area contributed by atoms with Gasteiger partial charge in [0.1, 0.15) is 4.90 Å². The van der Waals surface area contributed by atoms with Crippen LogP contribution in [0, 0.1) is 5.82 Å². The summed E-state index contributed by atoms with van der Waals surface area (Å²) >= 11 is 2.94. The lowest BCUT2D eigenvalue weighted by molar-refractivity contribution is 0.433. The zero-order chi connectivity index (χ0) is 14.2. The second-order valence-electron chi connectivity index (χ2n) is 4.07. The molecule has 0 saturated carbocycles. The summed E-state index contributed by atoms with van der Waals surface area (Å²) in [6.07, 6.45) is 0. The highest BCUT2D eigenvalue weighted by molar-refractivity contribution is 9.10. The third-order valence-electron chi connectivity index (χ3n) is 2.77. The number of nitrogens with zero attached hydrogens (tertiary/aromatic N) is 1. The van der Waals surface area contributed by atoms with Crippen molar-refractivity contribution in [1.82, 2.24) is 4.31 Å². The largest absolute Gasteiger partial charge is 0.399 e. The molecule has 1 aromatic rings. The fourth-order valence-electron chi connectivity index (χ4n) is 1.77. The number of hydrogen-bond donors (Lipinski definition) is 1. The van der Waals surface area contributed by atoms with Crippen LogP contribution in [0.2, 0.25) is 0 Å². The van der Waals surface area contributed by atoms with E-state index in [0.29, 0.717) is 0 Å². The maximum absolute atomic E-state index is 13.9. The van der Waals surface area contributed by atoms with Crippen molar-refractivity contribution in [3.63, 3.8) is 0 Å². The number of nitrogen functional groups attached to an aromatic ring is 1. The standard InChI is InChI=1S/C10H12BrFN2O3S2/c11-8-5-7(13)6-9(10(8)12)19(16,17)14-1-3-18(15)4-2-14/h5-6H,1-4,13H2. The number of anilines is 1. The van der Waals surface area contributed by atoms with Gasteiger partial charge < -0.3 is 5.73 Å². The van der Waals surface area contributed by atoms with Crippen molar-refractivity contribution in [1.29, 1.82) is 0 Å². The Morgan fingerprint density at radius 1 is 1.32 bits per heavy atom. The van der Waals surface area contributed by atoms with E-state index >= 15 is 0 Å². The molecule has 0 aliphatic carbocycles. The van der Waals surface area contributed by atoms with Crippen molar-refractivity contribution in [2.24, 2.45) is 0 Å². The molecule has 1 aromatic carbocycles. The van der Waals surface area contributed by atoms with Crippen LogP contribution in [0.4, 0.5) is 10.1 Å². The van der Waals surface area contributed by atoms with E-state index < -0.39 is 31.5 Å². The predicted molar refractivity (Wildman–Crippen MR) is 75.1 cm³/mol. The highest BCUT2D eigenvalue weighted by atomic mass is 79.9. The fourth-order valence-corrected chi connectivity index (χ4v) is 5.23. The van der Waals surface area contributed by atoms with E-state index in [1.54, 1.807) is 0 Å². The molecule has 0 amide bonds. The molecular weight excluding hydrogens is 359 g/mol. The van der Waals surface area contributed by atoms with Gasteiger partial charge >= 0.3 is 0 Å². The number of sulfonamides is 1. The lowest BCUT2D eigenvalue weighted by Gasteiger charge is -2.25. The zero-order valence-corrected chi connectivity index (χ0v) is 13.0. The molecule has 1 fully saturated rings. The van der Waals surface area contributed by atoms with Crippen LogP contribution in [0.1, 0.15) is 0 Å². The van der Waals surface area contributed by atoms with Crippen LogP contribution in [0.5, 0.6) is 0 Å². The minimum absolute atomic E-state index is 0.00617. The summed E-state index contributed by atoms with van der Waals surface area (Å²) < 4.78 is 51.0. The third-order valence-corrected chi connectivity index (χ3v) is 6.52. The van der Waals surface area contributed by atoms with Gasteiger partial charge in [-0.3, -0.25) is 4.21 Å². The van der Waals surface area contributed by atoms with Gasteiger partial charge in [0.15, 0.2) is 5.82 Å². The lowest BCUT2D eigenvalue weighted by atomic mass is 10.3. The quantitative estimate of drug-likeness (QED) is 0.785. The van der Waals surface area contributed by atoms with Crippen LogP contribution in [0.25, 0.3) is 0 Å². The van der Waals surface area contributed by atoms with E-state index in [4.69, 9.17) is 5.73 Å². The maximum atomic E-state index is 13.9. The molecule has 19 heavy (non-hydrogen) atoms. The Hall–Kier alpha value is -0.510. The number of nitrogens with two attached hydrogens (primary N) is 1. The first-order chi connectivity index (χ1) is 8.82. The molecule has 0 spiro atoms. The number of benzene rings is 1. The van der Waals surface area contributed by atoms with Gasteiger partial charge in [0.25, 0.3) is 0 Å². The highest BCUT2D eigenvalue weighted by Gasteiger charge is 2.31. The van der Waals surface area contributed by atoms with Gasteiger partial charge in [-0.1, -0.05) is 0 Å². The monoisotopic (exact) mass is 370 g/mol. The van der Waals surface area contributed by atoms with Crippen LogP contribution in [-0.2, 0) is 20.8 Å². The van der Waals surface area contributed by atoms with E-state index in [9.17, 15) is 17.0 Å². The van der Waals surface area contributed by atoms with Crippen molar-refractivity contribution >= 4 is 42.4 Å². The fraction of sp³-hybridized carbons (Fsp3) is 0.400. The average Bonchev–Trinajstić information content (AvgIpc) is 2.34. The molecule has 2 N–H and O–H groups in total. The Labute approximate surface area is 121 Å². The Morgan fingerprint density at radius 2 is 1.89 bits per heavy atom. The van der Waals surface area contributed by atoms with Crippen molar-refractivity contribution in [2.75, 3.05) is 30.3 Å². The van der Waals surface area contributed by atoms with Gasteiger partial charge in [-0.05, 0) is 28.1 Å².